The first-order valence-electron chi connectivity index (χ1n) is 9.86. The molecule has 1 aromatic heterocycles. The molecule has 0 aliphatic carbocycles. The van der Waals surface area contributed by atoms with Gasteiger partial charge in [-0.3, -0.25) is 4.79 Å². The summed E-state index contributed by atoms with van der Waals surface area (Å²) in [6.45, 7) is 2.98. The van der Waals surface area contributed by atoms with Crippen molar-refractivity contribution >= 4 is 23.1 Å². The van der Waals surface area contributed by atoms with E-state index >= 15 is 0 Å². The summed E-state index contributed by atoms with van der Waals surface area (Å²) >= 11 is 0. The molecule has 2 aromatic carbocycles. The molecule has 150 valence electrons. The number of carbonyl (C=O) groups excluding carboxylic acids is 1. The molecule has 1 heterocycles. The fourth-order valence-electron chi connectivity index (χ4n) is 3.11. The second-order valence-corrected chi connectivity index (χ2v) is 7.36. The first kappa shape index (κ1) is 20.6. The van der Waals surface area contributed by atoms with Crippen LogP contribution in [0.15, 0.2) is 66.7 Å². The summed E-state index contributed by atoms with van der Waals surface area (Å²) in [5, 5.41) is 6.42. The molecule has 3 aromatic rings. The molecular weight excluding hydrogens is 360 g/mol. The van der Waals surface area contributed by atoms with Crippen LogP contribution in [0, 0.1) is 6.92 Å². The van der Waals surface area contributed by atoms with Crippen LogP contribution in [0.5, 0.6) is 0 Å². The Bertz CT molecular complexity index is 954. The average Bonchev–Trinajstić information content (AvgIpc) is 2.71. The van der Waals surface area contributed by atoms with Crippen LogP contribution in [0.25, 0.3) is 0 Å². The number of hydrogen-bond acceptors (Lipinski definition) is 4. The van der Waals surface area contributed by atoms with E-state index in [0.29, 0.717) is 17.1 Å². The largest absolute Gasteiger partial charge is 0.338 e. The Morgan fingerprint density at radius 2 is 1.66 bits per heavy atom. The number of amides is 1. The Balaban J connectivity index is 1.81. The summed E-state index contributed by atoms with van der Waals surface area (Å²) in [6.07, 6.45) is 2.05. The minimum atomic E-state index is -0.154. The maximum absolute atomic E-state index is 12.6. The number of carbonyl (C=O) groups is 1. The van der Waals surface area contributed by atoms with Crippen molar-refractivity contribution in [1.29, 1.82) is 0 Å². The smallest absolute Gasteiger partial charge is 0.255 e. The third-order valence-electron chi connectivity index (χ3n) is 4.64. The predicted octanol–water partition coefficient (Wildman–Crippen LogP) is 4.88. The van der Waals surface area contributed by atoms with Gasteiger partial charge in [0.15, 0.2) is 5.82 Å². The Hall–Kier alpha value is -3.18. The molecule has 0 saturated heterocycles. The molecule has 1 amide bonds. The number of nitrogens with zero attached hydrogens (tertiary/aromatic N) is 2. The Morgan fingerprint density at radius 3 is 2.41 bits per heavy atom. The fraction of sp³-hybridized carbons (Fsp3) is 0.250. The van der Waals surface area contributed by atoms with E-state index in [9.17, 15) is 4.79 Å². The quantitative estimate of drug-likeness (QED) is 0.577. The number of benzene rings is 2. The predicted molar refractivity (Wildman–Crippen MR) is 120 cm³/mol. The average molecular weight is 389 g/mol. The number of hydrogen-bond donors (Lipinski definition) is 2. The number of pyridine rings is 1. The third-order valence-corrected chi connectivity index (χ3v) is 4.64. The van der Waals surface area contributed by atoms with Crippen molar-refractivity contribution in [3.05, 3.63) is 83.6 Å². The van der Waals surface area contributed by atoms with Gasteiger partial charge in [0.1, 0.15) is 0 Å². The molecule has 0 atom stereocenters. The van der Waals surface area contributed by atoms with Gasteiger partial charge in [0.25, 0.3) is 5.91 Å². The van der Waals surface area contributed by atoms with Crippen LogP contribution < -0.4 is 10.6 Å². The van der Waals surface area contributed by atoms with Crippen LogP contribution >= 0.6 is 0 Å². The number of aryl methyl sites for hydroxylation is 2. The minimum absolute atomic E-state index is 0.154. The summed E-state index contributed by atoms with van der Waals surface area (Å²) in [6, 6.07) is 21.2. The van der Waals surface area contributed by atoms with Crippen LogP contribution in [-0.4, -0.2) is 36.4 Å². The van der Waals surface area contributed by atoms with Crippen molar-refractivity contribution in [2.24, 2.45) is 0 Å². The van der Waals surface area contributed by atoms with E-state index in [2.05, 4.69) is 52.8 Å². The number of rotatable bonds is 8. The summed E-state index contributed by atoms with van der Waals surface area (Å²) in [7, 11) is 4.17. The zero-order chi connectivity index (χ0) is 20.6. The highest BCUT2D eigenvalue weighted by molar-refractivity contribution is 6.05. The van der Waals surface area contributed by atoms with Crippen molar-refractivity contribution in [3.8, 4) is 0 Å². The van der Waals surface area contributed by atoms with Gasteiger partial charge in [-0.25, -0.2) is 4.98 Å². The molecule has 0 aliphatic rings. The molecule has 0 saturated carbocycles. The van der Waals surface area contributed by atoms with E-state index in [0.717, 1.165) is 30.8 Å². The highest BCUT2D eigenvalue weighted by Crippen LogP contribution is 2.27. The van der Waals surface area contributed by atoms with Crippen LogP contribution in [-0.2, 0) is 6.42 Å². The van der Waals surface area contributed by atoms with Crippen LogP contribution in [0.1, 0.15) is 28.0 Å². The van der Waals surface area contributed by atoms with Crippen molar-refractivity contribution in [2.45, 2.75) is 19.8 Å². The molecule has 29 heavy (non-hydrogen) atoms. The number of para-hydroxylation sites is 1. The second-order valence-electron chi connectivity index (χ2n) is 7.36. The molecular formula is C24H28N4O. The highest BCUT2D eigenvalue weighted by atomic mass is 16.1. The lowest BCUT2D eigenvalue weighted by Crippen LogP contribution is -2.14. The maximum Gasteiger partial charge on any atom is 0.255 e. The Kier molecular flexibility index (Phi) is 6.98. The highest BCUT2D eigenvalue weighted by Gasteiger charge is 2.12. The van der Waals surface area contributed by atoms with E-state index in [4.69, 9.17) is 0 Å². The molecule has 2 N–H and O–H groups in total. The monoisotopic (exact) mass is 388 g/mol. The van der Waals surface area contributed by atoms with Gasteiger partial charge in [-0.2, -0.15) is 0 Å². The van der Waals surface area contributed by atoms with Crippen LogP contribution in [0.2, 0.25) is 0 Å². The zero-order valence-electron chi connectivity index (χ0n) is 17.3. The second kappa shape index (κ2) is 9.85. The molecule has 3 rings (SSSR count). The zero-order valence-corrected chi connectivity index (χ0v) is 17.3. The number of aromatic nitrogens is 1. The van der Waals surface area contributed by atoms with Gasteiger partial charge >= 0.3 is 0 Å². The summed E-state index contributed by atoms with van der Waals surface area (Å²) < 4.78 is 0. The minimum Gasteiger partial charge on any atom is -0.338 e. The van der Waals surface area contributed by atoms with E-state index in [1.165, 1.54) is 5.56 Å². The normalized spacial score (nSPS) is 10.8. The molecule has 0 fully saturated rings. The standard InChI is InChI=1S/C24H28N4O/c1-18-15-16-22(27-24(29)20-11-5-4-6-12-20)23(25-18)26-21-14-8-7-10-19(21)13-9-17-28(2)3/h4-8,10-12,14-16H,9,13,17H2,1-3H3,(H,25,26)(H,27,29). The lowest BCUT2D eigenvalue weighted by atomic mass is 10.1. The summed E-state index contributed by atoms with van der Waals surface area (Å²) in [5.74, 6) is 0.493. The van der Waals surface area contributed by atoms with Gasteiger partial charge in [-0.1, -0.05) is 36.4 Å². The van der Waals surface area contributed by atoms with Crippen molar-refractivity contribution in [3.63, 3.8) is 0 Å². The van der Waals surface area contributed by atoms with Crippen molar-refractivity contribution in [2.75, 3.05) is 31.3 Å². The van der Waals surface area contributed by atoms with Crippen LogP contribution in [0.3, 0.4) is 0 Å². The van der Waals surface area contributed by atoms with Gasteiger partial charge in [-0.15, -0.1) is 0 Å². The van der Waals surface area contributed by atoms with Crippen molar-refractivity contribution < 1.29 is 4.79 Å². The first-order chi connectivity index (χ1) is 14.0. The molecule has 0 bridgehead atoms. The van der Waals surface area contributed by atoms with E-state index < -0.39 is 0 Å². The van der Waals surface area contributed by atoms with E-state index in [-0.39, 0.29) is 5.91 Å². The van der Waals surface area contributed by atoms with Crippen molar-refractivity contribution in [1.82, 2.24) is 9.88 Å². The van der Waals surface area contributed by atoms with E-state index in [1.54, 1.807) is 12.1 Å². The summed E-state index contributed by atoms with van der Waals surface area (Å²) in [4.78, 5) is 19.4. The number of anilines is 3. The number of nitrogens with one attached hydrogen (secondary N) is 2. The summed E-state index contributed by atoms with van der Waals surface area (Å²) in [5.41, 5.74) is 4.41. The van der Waals surface area contributed by atoms with Gasteiger partial charge in [-0.05, 0) is 76.3 Å². The first-order valence-corrected chi connectivity index (χ1v) is 9.86. The topological polar surface area (TPSA) is 57.3 Å². The Morgan fingerprint density at radius 1 is 0.931 bits per heavy atom. The van der Waals surface area contributed by atoms with Gasteiger partial charge in [0.05, 0.1) is 5.69 Å². The molecule has 0 radical (unpaired) electrons. The van der Waals surface area contributed by atoms with Crippen LogP contribution in [0.4, 0.5) is 17.2 Å². The van der Waals surface area contributed by atoms with E-state index in [1.807, 2.05) is 43.3 Å². The van der Waals surface area contributed by atoms with Gasteiger partial charge in [0.2, 0.25) is 0 Å². The lowest BCUT2D eigenvalue weighted by molar-refractivity contribution is 0.102. The fourth-order valence-corrected chi connectivity index (χ4v) is 3.11. The molecule has 0 unspecified atom stereocenters. The van der Waals surface area contributed by atoms with Gasteiger partial charge < -0.3 is 15.5 Å². The molecule has 0 aliphatic heterocycles. The third kappa shape index (κ3) is 5.90. The Labute approximate surface area is 172 Å². The maximum atomic E-state index is 12.6. The SMILES string of the molecule is Cc1ccc(NC(=O)c2ccccc2)c(Nc2ccccc2CCCN(C)C)n1. The molecule has 0 spiro atoms. The lowest BCUT2D eigenvalue weighted by Gasteiger charge is -2.16. The molecule has 5 nitrogen and oxygen atoms in total. The molecule has 5 heteroatoms. The van der Waals surface area contributed by atoms with Gasteiger partial charge in [0, 0.05) is 16.9 Å².